The molecule has 29 heavy (non-hydrogen) atoms. The molecule has 0 spiro atoms. The molecule has 1 aliphatic heterocycles. The monoisotopic (exact) mass is 402 g/mol. The lowest BCUT2D eigenvalue weighted by Gasteiger charge is -2.18. The fourth-order valence-electron chi connectivity index (χ4n) is 3.31. The summed E-state index contributed by atoms with van der Waals surface area (Å²) in [7, 11) is 0. The third-order valence-corrected chi connectivity index (χ3v) is 4.56. The van der Waals surface area contributed by atoms with Crippen LogP contribution in [0.15, 0.2) is 42.9 Å². The number of aromatic nitrogens is 3. The molecule has 0 aliphatic carbocycles. The van der Waals surface area contributed by atoms with Crippen LogP contribution in [-0.2, 0) is 19.0 Å². The molecule has 1 aliphatic rings. The maximum absolute atomic E-state index is 13.6. The van der Waals surface area contributed by atoms with Crippen molar-refractivity contribution in [1.82, 2.24) is 20.3 Å². The summed E-state index contributed by atoms with van der Waals surface area (Å²) in [5.41, 5.74) is 1.60. The van der Waals surface area contributed by atoms with Gasteiger partial charge in [-0.15, -0.1) is 0 Å². The van der Waals surface area contributed by atoms with Crippen molar-refractivity contribution in [2.75, 3.05) is 6.54 Å². The highest BCUT2D eigenvalue weighted by atomic mass is 19.4. The van der Waals surface area contributed by atoms with Crippen LogP contribution < -0.4 is 5.32 Å². The number of nitrogens with zero attached hydrogens (tertiary/aromatic N) is 3. The molecule has 3 aromatic rings. The van der Waals surface area contributed by atoms with Gasteiger partial charge in [0.2, 0.25) is 0 Å². The van der Waals surface area contributed by atoms with Gasteiger partial charge in [0.1, 0.15) is 11.5 Å². The standard InChI is InChI=1S/C20H14F4N4O/c21-13-6-11(5-12(8-13)20(22,23)24)7-14-9-25-10-17(28-14)18-15-1-4-27-19(29)16(15)2-3-26-18/h2-3,5-6,8-10H,1,4,7H2,(H,27,29). The van der Waals surface area contributed by atoms with Gasteiger partial charge in [-0.3, -0.25) is 14.8 Å². The topological polar surface area (TPSA) is 67.8 Å². The smallest absolute Gasteiger partial charge is 0.352 e. The van der Waals surface area contributed by atoms with E-state index in [1.807, 2.05) is 0 Å². The average Bonchev–Trinajstić information content (AvgIpc) is 2.67. The highest BCUT2D eigenvalue weighted by molar-refractivity contribution is 5.98. The number of fused-ring (bicyclic) bond motifs is 1. The first-order chi connectivity index (χ1) is 13.8. The second-order valence-electron chi connectivity index (χ2n) is 6.61. The van der Waals surface area contributed by atoms with Crippen LogP contribution in [0.25, 0.3) is 11.4 Å². The van der Waals surface area contributed by atoms with Crippen molar-refractivity contribution in [3.8, 4) is 11.4 Å². The minimum absolute atomic E-state index is 0.0306. The van der Waals surface area contributed by atoms with Crippen molar-refractivity contribution in [3.63, 3.8) is 0 Å². The number of carbonyl (C=O) groups is 1. The van der Waals surface area contributed by atoms with Crippen molar-refractivity contribution >= 4 is 5.91 Å². The zero-order valence-corrected chi connectivity index (χ0v) is 14.9. The summed E-state index contributed by atoms with van der Waals surface area (Å²) < 4.78 is 52.4. The fourth-order valence-corrected chi connectivity index (χ4v) is 3.31. The molecule has 0 saturated heterocycles. The Morgan fingerprint density at radius 3 is 2.76 bits per heavy atom. The molecule has 0 bridgehead atoms. The second kappa shape index (κ2) is 7.23. The van der Waals surface area contributed by atoms with E-state index < -0.39 is 17.6 Å². The molecule has 5 nitrogen and oxygen atoms in total. The van der Waals surface area contributed by atoms with E-state index in [2.05, 4.69) is 20.3 Å². The quantitative estimate of drug-likeness (QED) is 0.680. The number of alkyl halides is 3. The highest BCUT2D eigenvalue weighted by Gasteiger charge is 2.31. The van der Waals surface area contributed by atoms with Crippen LogP contribution >= 0.6 is 0 Å². The Labute approximate surface area is 162 Å². The van der Waals surface area contributed by atoms with Gasteiger partial charge in [-0.05, 0) is 41.8 Å². The minimum Gasteiger partial charge on any atom is -0.352 e. The molecule has 1 aromatic carbocycles. The lowest BCUT2D eigenvalue weighted by molar-refractivity contribution is -0.137. The zero-order valence-electron chi connectivity index (χ0n) is 14.9. The van der Waals surface area contributed by atoms with Crippen LogP contribution in [0.4, 0.5) is 17.6 Å². The van der Waals surface area contributed by atoms with Crippen LogP contribution in [0.3, 0.4) is 0 Å². The van der Waals surface area contributed by atoms with Crippen molar-refractivity contribution in [2.45, 2.75) is 19.0 Å². The molecule has 0 atom stereocenters. The molecule has 0 unspecified atom stereocenters. The Bertz CT molecular complexity index is 1100. The van der Waals surface area contributed by atoms with Crippen LogP contribution in [0.2, 0.25) is 0 Å². The Kier molecular flexibility index (Phi) is 4.73. The summed E-state index contributed by atoms with van der Waals surface area (Å²) in [4.78, 5) is 24.9. The van der Waals surface area contributed by atoms with E-state index in [1.54, 1.807) is 6.07 Å². The number of carbonyl (C=O) groups excluding carboxylic acids is 1. The van der Waals surface area contributed by atoms with E-state index in [0.717, 1.165) is 17.7 Å². The summed E-state index contributed by atoms with van der Waals surface area (Å²) >= 11 is 0. The van der Waals surface area contributed by atoms with Crippen LogP contribution in [0.1, 0.15) is 32.7 Å². The number of hydrogen-bond donors (Lipinski definition) is 1. The van der Waals surface area contributed by atoms with E-state index in [4.69, 9.17) is 0 Å². The van der Waals surface area contributed by atoms with Gasteiger partial charge in [-0.25, -0.2) is 9.37 Å². The Hall–Kier alpha value is -3.36. The number of nitrogens with one attached hydrogen (secondary N) is 1. The molecule has 3 heterocycles. The predicted octanol–water partition coefficient (Wildman–Crippen LogP) is 3.57. The Morgan fingerprint density at radius 2 is 1.97 bits per heavy atom. The lowest BCUT2D eigenvalue weighted by Crippen LogP contribution is -2.32. The molecule has 1 amide bonds. The van der Waals surface area contributed by atoms with Crippen LogP contribution in [-0.4, -0.2) is 27.4 Å². The van der Waals surface area contributed by atoms with Gasteiger partial charge in [0, 0.05) is 30.9 Å². The average molecular weight is 402 g/mol. The number of pyridine rings is 1. The van der Waals surface area contributed by atoms with Gasteiger partial charge in [-0.2, -0.15) is 13.2 Å². The van der Waals surface area contributed by atoms with Crippen molar-refractivity contribution in [2.24, 2.45) is 0 Å². The zero-order chi connectivity index (χ0) is 20.6. The third-order valence-electron chi connectivity index (χ3n) is 4.56. The van der Waals surface area contributed by atoms with E-state index in [1.165, 1.54) is 18.6 Å². The first kappa shape index (κ1) is 19.0. The molecule has 148 valence electrons. The molecule has 9 heteroatoms. The normalized spacial score (nSPS) is 13.7. The van der Waals surface area contributed by atoms with Gasteiger partial charge in [0.05, 0.1) is 23.1 Å². The molecular weight excluding hydrogens is 388 g/mol. The fraction of sp³-hybridized carbons (Fsp3) is 0.200. The van der Waals surface area contributed by atoms with Crippen LogP contribution in [0.5, 0.6) is 0 Å². The number of benzene rings is 1. The van der Waals surface area contributed by atoms with E-state index >= 15 is 0 Å². The molecule has 4 rings (SSSR count). The summed E-state index contributed by atoms with van der Waals surface area (Å²) in [5.74, 6) is -1.16. The first-order valence-electron chi connectivity index (χ1n) is 8.75. The summed E-state index contributed by atoms with van der Waals surface area (Å²) in [6.07, 6.45) is 0.287. The van der Waals surface area contributed by atoms with Gasteiger partial charge in [-0.1, -0.05) is 0 Å². The van der Waals surface area contributed by atoms with Gasteiger partial charge in [0.25, 0.3) is 5.91 Å². The first-order valence-corrected chi connectivity index (χ1v) is 8.75. The SMILES string of the molecule is O=C1NCCc2c1ccnc2-c1cncc(Cc2cc(F)cc(C(F)(F)F)c2)n1. The number of rotatable bonds is 3. The van der Waals surface area contributed by atoms with E-state index in [0.29, 0.717) is 41.7 Å². The molecule has 0 fully saturated rings. The number of amides is 1. The molecular formula is C20H14F4N4O. The van der Waals surface area contributed by atoms with Crippen molar-refractivity contribution < 1.29 is 22.4 Å². The maximum atomic E-state index is 13.6. The van der Waals surface area contributed by atoms with Gasteiger partial charge < -0.3 is 5.32 Å². The summed E-state index contributed by atoms with van der Waals surface area (Å²) in [6, 6.07) is 4.01. The van der Waals surface area contributed by atoms with E-state index in [-0.39, 0.29) is 17.9 Å². The van der Waals surface area contributed by atoms with Crippen LogP contribution in [0, 0.1) is 5.82 Å². The second-order valence-corrected chi connectivity index (χ2v) is 6.61. The summed E-state index contributed by atoms with van der Waals surface area (Å²) in [6.45, 7) is 0.473. The predicted molar refractivity (Wildman–Crippen MR) is 95.5 cm³/mol. The van der Waals surface area contributed by atoms with Crippen molar-refractivity contribution in [1.29, 1.82) is 0 Å². The number of halogens is 4. The van der Waals surface area contributed by atoms with Crippen molar-refractivity contribution in [3.05, 3.63) is 76.6 Å². The minimum atomic E-state index is -4.64. The number of hydrogen-bond acceptors (Lipinski definition) is 4. The van der Waals surface area contributed by atoms with Gasteiger partial charge in [0.15, 0.2) is 0 Å². The largest absolute Gasteiger partial charge is 0.416 e. The Balaban J connectivity index is 1.69. The van der Waals surface area contributed by atoms with Gasteiger partial charge >= 0.3 is 6.18 Å². The maximum Gasteiger partial charge on any atom is 0.416 e. The molecule has 1 N–H and O–H groups in total. The molecule has 2 aromatic heterocycles. The molecule has 0 radical (unpaired) electrons. The highest BCUT2D eigenvalue weighted by Crippen LogP contribution is 2.31. The Morgan fingerprint density at radius 1 is 1.14 bits per heavy atom. The summed E-state index contributed by atoms with van der Waals surface area (Å²) in [5, 5.41) is 2.75. The van der Waals surface area contributed by atoms with E-state index in [9.17, 15) is 22.4 Å². The lowest BCUT2D eigenvalue weighted by atomic mass is 9.98. The molecule has 0 saturated carbocycles. The third kappa shape index (κ3) is 3.94.